The third-order valence-electron chi connectivity index (χ3n) is 2.29. The molecule has 0 spiro atoms. The van der Waals surface area contributed by atoms with E-state index in [1.165, 1.54) is 6.08 Å². The molecule has 4 heteroatoms. The third-order valence-corrected chi connectivity index (χ3v) is 3.40. The Balaban J connectivity index is 1.87. The van der Waals surface area contributed by atoms with Gasteiger partial charge in [0.2, 0.25) is 5.91 Å². The van der Waals surface area contributed by atoms with Crippen molar-refractivity contribution >= 4 is 34.9 Å². The normalized spacial score (nSPS) is 10.7. The van der Waals surface area contributed by atoms with E-state index in [4.69, 9.17) is 11.6 Å². The summed E-state index contributed by atoms with van der Waals surface area (Å²) in [6.07, 6.45) is 3.26. The summed E-state index contributed by atoms with van der Waals surface area (Å²) in [5, 5.41) is 5.47. The quantitative estimate of drug-likeness (QED) is 0.848. The molecule has 0 aliphatic heterocycles. The first-order valence-corrected chi connectivity index (χ1v) is 6.74. The van der Waals surface area contributed by atoms with E-state index in [1.54, 1.807) is 23.5 Å². The molecule has 1 N–H and O–H groups in total. The van der Waals surface area contributed by atoms with Crippen molar-refractivity contribution in [2.45, 2.75) is 6.54 Å². The minimum Gasteiger partial charge on any atom is -0.348 e. The zero-order chi connectivity index (χ0) is 12.8. The fourth-order valence-corrected chi connectivity index (χ4v) is 2.27. The highest BCUT2D eigenvalue weighted by Crippen LogP contribution is 2.11. The summed E-state index contributed by atoms with van der Waals surface area (Å²) >= 11 is 7.48. The van der Waals surface area contributed by atoms with E-state index in [-0.39, 0.29) is 5.91 Å². The van der Waals surface area contributed by atoms with Gasteiger partial charge in [0.05, 0.1) is 6.54 Å². The van der Waals surface area contributed by atoms with E-state index in [9.17, 15) is 4.79 Å². The van der Waals surface area contributed by atoms with Gasteiger partial charge in [-0.05, 0) is 35.2 Å². The van der Waals surface area contributed by atoms with Crippen molar-refractivity contribution in [2.24, 2.45) is 0 Å². The molecule has 2 aromatic rings. The van der Waals surface area contributed by atoms with Crippen LogP contribution in [0.3, 0.4) is 0 Å². The van der Waals surface area contributed by atoms with Crippen LogP contribution in [0.25, 0.3) is 6.08 Å². The van der Waals surface area contributed by atoms with Gasteiger partial charge in [0.15, 0.2) is 0 Å². The van der Waals surface area contributed by atoms with Gasteiger partial charge in [0.1, 0.15) is 0 Å². The Morgan fingerprint density at radius 2 is 2.22 bits per heavy atom. The van der Waals surface area contributed by atoms with E-state index >= 15 is 0 Å². The molecular formula is C14H12ClNOS. The first-order valence-electron chi connectivity index (χ1n) is 5.48. The van der Waals surface area contributed by atoms with Gasteiger partial charge in [-0.3, -0.25) is 4.79 Å². The molecule has 0 saturated heterocycles. The summed E-state index contributed by atoms with van der Waals surface area (Å²) in [6, 6.07) is 11.3. The number of halogens is 1. The van der Waals surface area contributed by atoms with E-state index in [2.05, 4.69) is 5.32 Å². The summed E-state index contributed by atoms with van der Waals surface area (Å²) in [4.78, 5) is 12.7. The lowest BCUT2D eigenvalue weighted by atomic mass is 10.2. The molecule has 0 fully saturated rings. The molecule has 2 rings (SSSR count). The highest BCUT2D eigenvalue weighted by atomic mass is 35.5. The predicted molar refractivity (Wildman–Crippen MR) is 76.7 cm³/mol. The van der Waals surface area contributed by atoms with Gasteiger partial charge >= 0.3 is 0 Å². The molecule has 0 atom stereocenters. The summed E-state index contributed by atoms with van der Waals surface area (Å²) in [5.74, 6) is -0.108. The first-order chi connectivity index (χ1) is 8.74. The smallest absolute Gasteiger partial charge is 0.244 e. The predicted octanol–water partition coefficient (Wildman–Crippen LogP) is 3.73. The second-order valence-corrected chi connectivity index (χ2v) is 5.15. The van der Waals surface area contributed by atoms with Gasteiger partial charge in [-0.2, -0.15) is 0 Å². The van der Waals surface area contributed by atoms with Crippen molar-refractivity contribution in [3.63, 3.8) is 0 Å². The fourth-order valence-electron chi connectivity index (χ4n) is 1.43. The van der Waals surface area contributed by atoms with Crippen LogP contribution in [0.1, 0.15) is 10.4 Å². The molecular weight excluding hydrogens is 266 g/mol. The topological polar surface area (TPSA) is 29.1 Å². The van der Waals surface area contributed by atoms with Gasteiger partial charge < -0.3 is 5.32 Å². The van der Waals surface area contributed by atoms with Gasteiger partial charge in [0, 0.05) is 16.0 Å². The Morgan fingerprint density at radius 1 is 1.33 bits per heavy atom. The molecule has 0 unspecified atom stereocenters. The molecule has 1 heterocycles. The minimum atomic E-state index is -0.108. The Bertz CT molecular complexity index is 549. The molecule has 18 heavy (non-hydrogen) atoms. The van der Waals surface area contributed by atoms with Crippen LogP contribution >= 0.6 is 22.9 Å². The van der Waals surface area contributed by atoms with Crippen LogP contribution in [-0.4, -0.2) is 5.91 Å². The molecule has 0 aliphatic rings. The monoisotopic (exact) mass is 277 g/mol. The minimum absolute atomic E-state index is 0.108. The lowest BCUT2D eigenvalue weighted by Gasteiger charge is -1.99. The van der Waals surface area contributed by atoms with Crippen molar-refractivity contribution in [1.29, 1.82) is 0 Å². The Labute approximate surface area is 115 Å². The maximum Gasteiger partial charge on any atom is 0.244 e. The highest BCUT2D eigenvalue weighted by molar-refractivity contribution is 7.09. The molecule has 0 saturated carbocycles. The van der Waals surface area contributed by atoms with Gasteiger partial charge in [-0.1, -0.05) is 29.8 Å². The lowest BCUT2D eigenvalue weighted by molar-refractivity contribution is -0.116. The van der Waals surface area contributed by atoms with Gasteiger partial charge in [-0.25, -0.2) is 0 Å². The molecule has 1 aromatic carbocycles. The molecule has 0 aliphatic carbocycles. The number of benzene rings is 1. The number of hydrogen-bond donors (Lipinski definition) is 1. The van der Waals surface area contributed by atoms with E-state index in [1.807, 2.05) is 35.7 Å². The molecule has 0 bridgehead atoms. The zero-order valence-electron chi connectivity index (χ0n) is 9.60. The van der Waals surface area contributed by atoms with Crippen LogP contribution in [-0.2, 0) is 11.3 Å². The zero-order valence-corrected chi connectivity index (χ0v) is 11.2. The fraction of sp³-hybridized carbons (Fsp3) is 0.0714. The molecule has 1 amide bonds. The van der Waals surface area contributed by atoms with Crippen molar-refractivity contribution in [3.05, 3.63) is 63.3 Å². The summed E-state index contributed by atoms with van der Waals surface area (Å²) in [5.41, 5.74) is 0.911. The lowest BCUT2D eigenvalue weighted by Crippen LogP contribution is -2.19. The number of hydrogen-bond acceptors (Lipinski definition) is 2. The number of nitrogens with one attached hydrogen (secondary N) is 1. The maximum atomic E-state index is 11.6. The number of carbonyl (C=O) groups is 1. The summed E-state index contributed by atoms with van der Waals surface area (Å²) in [6.45, 7) is 0.566. The number of carbonyl (C=O) groups excluding carboxylic acids is 1. The number of rotatable bonds is 4. The van der Waals surface area contributed by atoms with Crippen molar-refractivity contribution in [3.8, 4) is 0 Å². The average Bonchev–Trinajstić information content (AvgIpc) is 2.87. The molecule has 1 aromatic heterocycles. The van der Waals surface area contributed by atoms with Crippen LogP contribution in [0.4, 0.5) is 0 Å². The molecule has 2 nitrogen and oxygen atoms in total. The second-order valence-electron chi connectivity index (χ2n) is 3.69. The first kappa shape index (κ1) is 12.9. The molecule has 92 valence electrons. The third kappa shape index (κ3) is 4.02. The van der Waals surface area contributed by atoms with Crippen LogP contribution in [0.15, 0.2) is 47.9 Å². The SMILES string of the molecule is O=C(/C=C/c1cccc(Cl)c1)NCc1cccs1. The van der Waals surface area contributed by atoms with Crippen molar-refractivity contribution in [2.75, 3.05) is 0 Å². The van der Waals surface area contributed by atoms with E-state index in [0.717, 1.165) is 10.4 Å². The highest BCUT2D eigenvalue weighted by Gasteiger charge is 1.97. The Morgan fingerprint density at radius 3 is 2.94 bits per heavy atom. The van der Waals surface area contributed by atoms with Crippen molar-refractivity contribution in [1.82, 2.24) is 5.32 Å². The number of amides is 1. The van der Waals surface area contributed by atoms with Crippen LogP contribution in [0.2, 0.25) is 5.02 Å². The second kappa shape index (κ2) is 6.38. The van der Waals surface area contributed by atoms with E-state index in [0.29, 0.717) is 11.6 Å². The van der Waals surface area contributed by atoms with Gasteiger partial charge in [-0.15, -0.1) is 11.3 Å². The van der Waals surface area contributed by atoms with Crippen LogP contribution in [0.5, 0.6) is 0 Å². The number of thiophene rings is 1. The maximum absolute atomic E-state index is 11.6. The van der Waals surface area contributed by atoms with E-state index < -0.39 is 0 Å². The van der Waals surface area contributed by atoms with Crippen molar-refractivity contribution < 1.29 is 4.79 Å². The van der Waals surface area contributed by atoms with Crippen LogP contribution < -0.4 is 5.32 Å². The Hall–Kier alpha value is -1.58. The largest absolute Gasteiger partial charge is 0.348 e. The van der Waals surface area contributed by atoms with Gasteiger partial charge in [0.25, 0.3) is 0 Å². The summed E-state index contributed by atoms with van der Waals surface area (Å²) < 4.78 is 0. The average molecular weight is 278 g/mol. The van der Waals surface area contributed by atoms with Crippen LogP contribution in [0, 0.1) is 0 Å². The summed E-state index contributed by atoms with van der Waals surface area (Å²) in [7, 11) is 0. The standard InChI is InChI=1S/C14H12ClNOS/c15-12-4-1-3-11(9-12)6-7-14(17)16-10-13-5-2-8-18-13/h1-9H,10H2,(H,16,17)/b7-6+. The Kier molecular flexibility index (Phi) is 4.56. The molecule has 0 radical (unpaired) electrons.